The zero-order valence-corrected chi connectivity index (χ0v) is 13.6. The zero-order chi connectivity index (χ0) is 14.0. The van der Waals surface area contributed by atoms with E-state index in [0.29, 0.717) is 28.0 Å². The highest BCUT2D eigenvalue weighted by Crippen LogP contribution is 2.32. The minimum Gasteiger partial charge on any atom is -0.352 e. The fraction of sp³-hybridized carbons (Fsp3) is 0.417. The number of thioether (sulfide) groups is 1. The van der Waals surface area contributed by atoms with Crippen molar-refractivity contribution in [1.82, 2.24) is 0 Å². The molecule has 1 fully saturated rings. The lowest BCUT2D eigenvalue weighted by Crippen LogP contribution is -2.47. The average Bonchev–Trinajstić information content (AvgIpc) is 2.37. The van der Waals surface area contributed by atoms with Crippen LogP contribution in [0.5, 0.6) is 0 Å². The van der Waals surface area contributed by atoms with E-state index in [1.165, 1.54) is 6.26 Å². The maximum absolute atomic E-state index is 11.9. The molecule has 1 heterocycles. The van der Waals surface area contributed by atoms with Crippen molar-refractivity contribution in [2.24, 2.45) is 0 Å². The summed E-state index contributed by atoms with van der Waals surface area (Å²) in [6.45, 7) is 0.632. The second-order valence-corrected chi connectivity index (χ2v) is 8.51. The van der Waals surface area contributed by atoms with Gasteiger partial charge in [0.2, 0.25) is 0 Å². The molecule has 0 N–H and O–H groups in total. The van der Waals surface area contributed by atoms with E-state index >= 15 is 0 Å². The lowest BCUT2D eigenvalue weighted by molar-refractivity contribution is 0.584. The first-order valence-corrected chi connectivity index (χ1v) is 9.57. The van der Waals surface area contributed by atoms with Crippen LogP contribution in [0.25, 0.3) is 0 Å². The first-order valence-electron chi connectivity index (χ1n) is 5.67. The third-order valence-corrected chi connectivity index (χ3v) is 6.30. The van der Waals surface area contributed by atoms with E-state index < -0.39 is 15.2 Å². The monoisotopic (exact) mass is 360 g/mol. The van der Waals surface area contributed by atoms with Crippen molar-refractivity contribution in [1.29, 1.82) is 5.26 Å². The molecule has 1 aliphatic heterocycles. The number of halogens is 1. The van der Waals surface area contributed by atoms with Gasteiger partial charge in [0, 0.05) is 28.8 Å². The molecule has 0 spiro atoms. The zero-order valence-electron chi connectivity index (χ0n) is 10.3. The number of hydrogen-bond donors (Lipinski definition) is 0. The molecule has 0 aromatic heterocycles. The Morgan fingerprint density at radius 2 is 2.26 bits per heavy atom. The van der Waals surface area contributed by atoms with Gasteiger partial charge in [-0.15, -0.1) is 0 Å². The minimum absolute atomic E-state index is 0.489. The fourth-order valence-electron chi connectivity index (χ4n) is 2.07. The second-order valence-electron chi connectivity index (χ2n) is 4.30. The van der Waals surface area contributed by atoms with E-state index in [2.05, 4.69) is 22.0 Å². The summed E-state index contributed by atoms with van der Waals surface area (Å²) in [5, 5.41) is 8.70. The first kappa shape index (κ1) is 14.7. The molecule has 0 saturated carbocycles. The molecule has 2 rings (SSSR count). The maximum Gasteiger partial charge on any atom is 0.169 e. The summed E-state index contributed by atoms with van der Waals surface area (Å²) in [6.07, 6.45) is 1.25. The summed E-state index contributed by atoms with van der Waals surface area (Å²) in [5.41, 5.74) is 1.18. The van der Waals surface area contributed by atoms with Crippen molar-refractivity contribution < 1.29 is 8.42 Å². The van der Waals surface area contributed by atoms with Crippen molar-refractivity contribution in [3.8, 4) is 6.07 Å². The smallest absolute Gasteiger partial charge is 0.169 e. The van der Waals surface area contributed by atoms with Gasteiger partial charge in [0.1, 0.15) is 11.4 Å². The molecule has 7 heteroatoms. The maximum atomic E-state index is 11.9. The predicted molar refractivity (Wildman–Crippen MR) is 82.2 cm³/mol. The number of anilines is 1. The largest absolute Gasteiger partial charge is 0.352 e. The molecule has 0 bridgehead atoms. The summed E-state index contributed by atoms with van der Waals surface area (Å²) in [5.74, 6) is 1.40. The molecule has 0 amide bonds. The number of rotatable bonds is 2. The van der Waals surface area contributed by atoms with E-state index in [9.17, 15) is 13.7 Å². The van der Waals surface area contributed by atoms with Crippen LogP contribution in [0.2, 0.25) is 0 Å². The van der Waals surface area contributed by atoms with Crippen LogP contribution in [-0.4, -0.2) is 38.1 Å². The first-order chi connectivity index (χ1) is 8.95. The molecular weight excluding hydrogens is 348 g/mol. The van der Waals surface area contributed by atoms with Crippen molar-refractivity contribution in [3.63, 3.8) is 0 Å². The number of nitrogens with zero attached hydrogens (tertiary/aromatic N) is 2. The van der Waals surface area contributed by atoms with Gasteiger partial charge >= 0.3 is 0 Å². The standard InChI is InChI=1S/C12H13BrN2O2S2/c1-19(16,17)12-8-18-6-5-15(12)11-4-2-3-10(13)9(11)7-14/h2-4,12H,5-6,8H2,1H3. The van der Waals surface area contributed by atoms with Crippen molar-refractivity contribution >= 4 is 43.2 Å². The van der Waals surface area contributed by atoms with Gasteiger partial charge < -0.3 is 4.90 Å². The highest BCUT2D eigenvalue weighted by Gasteiger charge is 2.32. The fourth-order valence-corrected chi connectivity index (χ4v) is 5.35. The summed E-state index contributed by atoms with van der Waals surface area (Å²) in [7, 11) is -3.18. The molecule has 4 nitrogen and oxygen atoms in total. The Morgan fingerprint density at radius 1 is 1.53 bits per heavy atom. The SMILES string of the molecule is CS(=O)(=O)C1CSCCN1c1cccc(Br)c1C#N. The average molecular weight is 361 g/mol. The highest BCUT2D eigenvalue weighted by atomic mass is 79.9. The summed E-state index contributed by atoms with van der Waals surface area (Å²) in [4.78, 5) is 1.83. The minimum atomic E-state index is -3.18. The van der Waals surface area contributed by atoms with Crippen LogP contribution < -0.4 is 4.90 Å². The predicted octanol–water partition coefficient (Wildman–Crippen LogP) is 2.24. The van der Waals surface area contributed by atoms with E-state index in [0.717, 1.165) is 5.75 Å². The third-order valence-electron chi connectivity index (χ3n) is 2.99. The van der Waals surface area contributed by atoms with Crippen molar-refractivity contribution in [2.75, 3.05) is 29.2 Å². The van der Waals surface area contributed by atoms with Gasteiger partial charge in [-0.3, -0.25) is 0 Å². The van der Waals surface area contributed by atoms with Gasteiger partial charge in [0.15, 0.2) is 9.84 Å². The lowest BCUT2D eigenvalue weighted by Gasteiger charge is -2.36. The van der Waals surface area contributed by atoms with Crippen LogP contribution in [0.1, 0.15) is 5.56 Å². The van der Waals surface area contributed by atoms with E-state index in [1.54, 1.807) is 23.9 Å². The number of sulfone groups is 1. The van der Waals surface area contributed by atoms with Gasteiger partial charge in [-0.25, -0.2) is 8.42 Å². The van der Waals surface area contributed by atoms with E-state index in [4.69, 9.17) is 0 Å². The van der Waals surface area contributed by atoms with Gasteiger partial charge in [-0.1, -0.05) is 6.07 Å². The highest BCUT2D eigenvalue weighted by molar-refractivity contribution is 9.10. The number of nitriles is 1. The molecule has 1 unspecified atom stereocenters. The van der Waals surface area contributed by atoms with Crippen LogP contribution in [-0.2, 0) is 9.84 Å². The Balaban J connectivity index is 2.50. The van der Waals surface area contributed by atoms with Crippen molar-refractivity contribution in [3.05, 3.63) is 28.2 Å². The van der Waals surface area contributed by atoms with Gasteiger partial charge in [-0.2, -0.15) is 17.0 Å². The number of benzene rings is 1. The summed E-state index contributed by atoms with van der Waals surface area (Å²) < 4.78 is 24.5. The van der Waals surface area contributed by atoms with Gasteiger partial charge in [-0.05, 0) is 28.1 Å². The lowest BCUT2D eigenvalue weighted by atomic mass is 10.1. The van der Waals surface area contributed by atoms with E-state index in [-0.39, 0.29) is 0 Å². The van der Waals surface area contributed by atoms with Crippen LogP contribution in [0.15, 0.2) is 22.7 Å². The molecule has 1 saturated heterocycles. The molecule has 102 valence electrons. The van der Waals surface area contributed by atoms with Crippen LogP contribution in [0, 0.1) is 11.3 Å². The third kappa shape index (κ3) is 3.07. The van der Waals surface area contributed by atoms with Crippen LogP contribution in [0.3, 0.4) is 0 Å². The van der Waals surface area contributed by atoms with Gasteiger partial charge in [0.05, 0.1) is 11.3 Å². The number of hydrogen-bond acceptors (Lipinski definition) is 5. The summed E-state index contributed by atoms with van der Waals surface area (Å²) >= 11 is 4.97. The molecule has 0 radical (unpaired) electrons. The molecule has 0 aliphatic carbocycles. The van der Waals surface area contributed by atoms with Gasteiger partial charge in [0.25, 0.3) is 0 Å². The van der Waals surface area contributed by atoms with E-state index in [1.807, 2.05) is 11.0 Å². The molecule has 1 aliphatic rings. The normalized spacial score (nSPS) is 20.1. The Labute approximate surface area is 125 Å². The Morgan fingerprint density at radius 3 is 2.89 bits per heavy atom. The Hall–Kier alpha value is -0.710. The second kappa shape index (κ2) is 5.73. The molecular formula is C12H13BrN2O2S2. The van der Waals surface area contributed by atoms with Crippen molar-refractivity contribution in [2.45, 2.75) is 5.37 Å². The topological polar surface area (TPSA) is 61.2 Å². The Bertz CT molecular complexity index is 625. The molecule has 19 heavy (non-hydrogen) atoms. The summed E-state index contributed by atoms with van der Waals surface area (Å²) in [6, 6.07) is 7.55. The van der Waals surface area contributed by atoms with Crippen LogP contribution >= 0.6 is 27.7 Å². The Kier molecular flexibility index (Phi) is 4.43. The molecule has 1 aromatic carbocycles. The quantitative estimate of drug-likeness (QED) is 0.809. The molecule has 1 atom stereocenters. The molecule has 1 aromatic rings. The van der Waals surface area contributed by atoms with Crippen LogP contribution in [0.4, 0.5) is 5.69 Å².